The molecular formula is C16H24N2OS. The van der Waals surface area contributed by atoms with Crippen molar-refractivity contribution >= 4 is 11.8 Å². The Balaban J connectivity index is 1.48. The molecule has 0 radical (unpaired) electrons. The summed E-state index contributed by atoms with van der Waals surface area (Å²) in [6, 6.07) is 8.69. The van der Waals surface area contributed by atoms with Gasteiger partial charge >= 0.3 is 0 Å². The lowest BCUT2D eigenvalue weighted by Crippen LogP contribution is -2.44. The molecule has 2 heterocycles. The van der Waals surface area contributed by atoms with E-state index in [4.69, 9.17) is 0 Å². The molecule has 0 saturated carbocycles. The maximum atomic E-state index is 10.3. The number of hydrogen-bond acceptors (Lipinski definition) is 4. The Morgan fingerprint density at radius 2 is 1.70 bits per heavy atom. The summed E-state index contributed by atoms with van der Waals surface area (Å²) in [5.41, 5.74) is 2.91. The van der Waals surface area contributed by atoms with Crippen molar-refractivity contribution in [3.63, 3.8) is 0 Å². The Morgan fingerprint density at radius 1 is 1.00 bits per heavy atom. The van der Waals surface area contributed by atoms with E-state index in [0.717, 1.165) is 45.7 Å². The van der Waals surface area contributed by atoms with Crippen LogP contribution in [0.3, 0.4) is 0 Å². The number of thioether (sulfide) groups is 1. The van der Waals surface area contributed by atoms with Crippen molar-refractivity contribution in [2.24, 2.45) is 0 Å². The second kappa shape index (κ2) is 6.94. The first-order valence-electron chi connectivity index (χ1n) is 7.58. The molecule has 20 heavy (non-hydrogen) atoms. The lowest BCUT2D eigenvalue weighted by Gasteiger charge is -2.33. The van der Waals surface area contributed by atoms with Gasteiger partial charge in [-0.15, -0.1) is 0 Å². The van der Waals surface area contributed by atoms with E-state index in [-0.39, 0.29) is 6.10 Å². The van der Waals surface area contributed by atoms with Crippen LogP contribution in [0.4, 0.5) is 0 Å². The van der Waals surface area contributed by atoms with E-state index in [2.05, 4.69) is 34.1 Å². The standard InChI is InChI=1S/C16H24N2OS/c19-16(12-17-7-9-20-10-8-17)13-18-6-5-14-3-1-2-4-15(14)11-18/h1-4,16,19H,5-13H2. The van der Waals surface area contributed by atoms with E-state index in [1.54, 1.807) is 0 Å². The van der Waals surface area contributed by atoms with Crippen molar-refractivity contribution in [2.45, 2.75) is 19.1 Å². The fourth-order valence-electron chi connectivity index (χ4n) is 3.15. The van der Waals surface area contributed by atoms with E-state index in [9.17, 15) is 5.11 Å². The van der Waals surface area contributed by atoms with E-state index >= 15 is 0 Å². The molecule has 1 aromatic carbocycles. The second-order valence-corrected chi connectivity index (χ2v) is 7.05. The van der Waals surface area contributed by atoms with Gasteiger partial charge in [-0.05, 0) is 17.5 Å². The van der Waals surface area contributed by atoms with Crippen molar-refractivity contribution in [3.8, 4) is 0 Å². The monoisotopic (exact) mass is 292 g/mol. The van der Waals surface area contributed by atoms with Gasteiger partial charge in [0.05, 0.1) is 6.10 Å². The zero-order valence-electron chi connectivity index (χ0n) is 12.0. The Bertz CT molecular complexity index is 434. The van der Waals surface area contributed by atoms with Crippen LogP contribution in [0.5, 0.6) is 0 Å². The molecule has 3 nitrogen and oxygen atoms in total. The number of β-amino-alcohol motifs (C(OH)–C–C–N with tert-alkyl or cyclic N) is 1. The highest BCUT2D eigenvalue weighted by Gasteiger charge is 2.20. The topological polar surface area (TPSA) is 26.7 Å². The van der Waals surface area contributed by atoms with Gasteiger partial charge in [-0.1, -0.05) is 24.3 Å². The fraction of sp³-hybridized carbons (Fsp3) is 0.625. The Hall–Kier alpha value is -0.550. The number of hydrogen-bond donors (Lipinski definition) is 1. The first-order valence-corrected chi connectivity index (χ1v) is 8.74. The lowest BCUT2D eigenvalue weighted by molar-refractivity contribution is 0.0722. The van der Waals surface area contributed by atoms with Gasteiger partial charge in [0.1, 0.15) is 0 Å². The van der Waals surface area contributed by atoms with Gasteiger partial charge in [0, 0.05) is 50.8 Å². The van der Waals surface area contributed by atoms with E-state index in [1.165, 1.54) is 22.6 Å². The number of benzene rings is 1. The predicted molar refractivity (Wildman–Crippen MR) is 85.2 cm³/mol. The molecule has 0 aliphatic carbocycles. The summed E-state index contributed by atoms with van der Waals surface area (Å²) in [6.45, 7) is 5.96. The van der Waals surface area contributed by atoms with Crippen LogP contribution in [-0.4, -0.2) is 65.2 Å². The SMILES string of the molecule is OC(CN1CCSCC1)CN1CCc2ccccc2C1. The van der Waals surface area contributed by atoms with Crippen LogP contribution in [0.1, 0.15) is 11.1 Å². The highest BCUT2D eigenvalue weighted by Crippen LogP contribution is 2.18. The number of rotatable bonds is 4. The summed E-state index contributed by atoms with van der Waals surface area (Å²) in [7, 11) is 0. The summed E-state index contributed by atoms with van der Waals surface area (Å²) >= 11 is 2.02. The Labute approximate surface area is 126 Å². The lowest BCUT2D eigenvalue weighted by atomic mass is 10.00. The van der Waals surface area contributed by atoms with Gasteiger partial charge < -0.3 is 5.11 Å². The van der Waals surface area contributed by atoms with Crippen LogP contribution in [0, 0.1) is 0 Å². The quantitative estimate of drug-likeness (QED) is 0.909. The van der Waals surface area contributed by atoms with Crippen molar-refractivity contribution < 1.29 is 5.11 Å². The molecule has 1 aromatic rings. The van der Waals surface area contributed by atoms with Crippen LogP contribution in [0.2, 0.25) is 0 Å². The number of aliphatic hydroxyl groups is 1. The molecule has 0 bridgehead atoms. The van der Waals surface area contributed by atoms with Crippen LogP contribution in [-0.2, 0) is 13.0 Å². The molecular weight excluding hydrogens is 268 g/mol. The zero-order valence-corrected chi connectivity index (χ0v) is 12.8. The molecule has 3 rings (SSSR count). The van der Waals surface area contributed by atoms with Crippen LogP contribution < -0.4 is 0 Å². The fourth-order valence-corrected chi connectivity index (χ4v) is 4.13. The van der Waals surface area contributed by atoms with Crippen LogP contribution >= 0.6 is 11.8 Å². The van der Waals surface area contributed by atoms with Gasteiger partial charge in [-0.25, -0.2) is 0 Å². The summed E-state index contributed by atoms with van der Waals surface area (Å²) in [6.07, 6.45) is 0.895. The van der Waals surface area contributed by atoms with Crippen molar-refractivity contribution in [3.05, 3.63) is 35.4 Å². The van der Waals surface area contributed by atoms with Gasteiger partial charge in [-0.2, -0.15) is 11.8 Å². The molecule has 1 atom stereocenters. The molecule has 4 heteroatoms. The van der Waals surface area contributed by atoms with Crippen molar-refractivity contribution in [1.82, 2.24) is 9.80 Å². The summed E-state index contributed by atoms with van der Waals surface area (Å²) in [5, 5.41) is 10.3. The van der Waals surface area contributed by atoms with Crippen LogP contribution in [0.15, 0.2) is 24.3 Å². The molecule has 1 fully saturated rings. The molecule has 0 aromatic heterocycles. The molecule has 110 valence electrons. The maximum Gasteiger partial charge on any atom is 0.0793 e. The third-order valence-corrected chi connectivity index (χ3v) is 5.19. The third kappa shape index (κ3) is 3.76. The largest absolute Gasteiger partial charge is 0.390 e. The predicted octanol–water partition coefficient (Wildman–Crippen LogP) is 1.45. The van der Waals surface area contributed by atoms with E-state index < -0.39 is 0 Å². The molecule has 1 unspecified atom stereocenters. The minimum atomic E-state index is -0.219. The summed E-state index contributed by atoms with van der Waals surface area (Å²) in [5.74, 6) is 2.42. The first kappa shape index (κ1) is 14.4. The maximum absolute atomic E-state index is 10.3. The first-order chi connectivity index (χ1) is 9.81. The second-order valence-electron chi connectivity index (χ2n) is 5.82. The van der Waals surface area contributed by atoms with Gasteiger partial charge in [0.15, 0.2) is 0 Å². The van der Waals surface area contributed by atoms with E-state index in [0.29, 0.717) is 0 Å². The van der Waals surface area contributed by atoms with E-state index in [1.807, 2.05) is 11.8 Å². The van der Waals surface area contributed by atoms with Crippen molar-refractivity contribution in [1.29, 1.82) is 0 Å². The molecule has 1 saturated heterocycles. The summed E-state index contributed by atoms with van der Waals surface area (Å²) in [4.78, 5) is 4.80. The minimum absolute atomic E-state index is 0.219. The van der Waals surface area contributed by atoms with Crippen molar-refractivity contribution in [2.75, 3.05) is 44.2 Å². The van der Waals surface area contributed by atoms with Gasteiger partial charge in [0.2, 0.25) is 0 Å². The average Bonchev–Trinajstić information content (AvgIpc) is 2.48. The highest BCUT2D eigenvalue weighted by atomic mass is 32.2. The third-order valence-electron chi connectivity index (χ3n) is 4.25. The number of aliphatic hydroxyl groups excluding tert-OH is 1. The molecule has 2 aliphatic heterocycles. The molecule has 1 N–H and O–H groups in total. The normalized spacial score (nSPS) is 22.4. The number of fused-ring (bicyclic) bond motifs is 1. The van der Waals surface area contributed by atoms with Gasteiger partial charge in [-0.3, -0.25) is 9.80 Å². The zero-order chi connectivity index (χ0) is 13.8. The Kier molecular flexibility index (Phi) is 4.99. The molecule has 0 amide bonds. The van der Waals surface area contributed by atoms with Crippen LogP contribution in [0.25, 0.3) is 0 Å². The molecule has 2 aliphatic rings. The smallest absolute Gasteiger partial charge is 0.0793 e. The average molecular weight is 292 g/mol. The highest BCUT2D eigenvalue weighted by molar-refractivity contribution is 7.99. The van der Waals surface area contributed by atoms with Gasteiger partial charge in [0.25, 0.3) is 0 Å². The Morgan fingerprint density at radius 3 is 2.50 bits per heavy atom. The molecule has 0 spiro atoms. The number of nitrogens with zero attached hydrogens (tertiary/aromatic N) is 2. The minimum Gasteiger partial charge on any atom is -0.390 e. The summed E-state index contributed by atoms with van der Waals surface area (Å²) < 4.78 is 0.